The molecule has 0 spiro atoms. The third-order valence-corrected chi connectivity index (χ3v) is 6.91. The maximum absolute atomic E-state index is 2.30. The van der Waals surface area contributed by atoms with Crippen LogP contribution in [0.15, 0.2) is 29.0 Å². The first kappa shape index (κ1) is 11.1. The number of aryl methyl sites for hydroxylation is 3. The van der Waals surface area contributed by atoms with Crippen molar-refractivity contribution in [1.82, 2.24) is 0 Å². The van der Waals surface area contributed by atoms with E-state index in [0.717, 1.165) is 0 Å². The second-order valence-electron chi connectivity index (χ2n) is 3.75. The molecule has 0 N–H and O–H groups in total. The number of thiophene rings is 1. The average Bonchev–Trinajstić information content (AvgIpc) is 2.63. The second kappa shape index (κ2) is 4.66. The van der Waals surface area contributed by atoms with Gasteiger partial charge in [-0.25, -0.2) is 0 Å². The lowest BCUT2D eigenvalue weighted by atomic mass is 10.1. The summed E-state index contributed by atoms with van der Waals surface area (Å²) < 4.78 is 3.13. The van der Waals surface area contributed by atoms with Gasteiger partial charge in [-0.15, -0.1) is 11.3 Å². The molecule has 0 bridgehead atoms. The van der Waals surface area contributed by atoms with E-state index in [4.69, 9.17) is 0 Å². The van der Waals surface area contributed by atoms with Gasteiger partial charge in [-0.2, -0.15) is 0 Å². The zero-order valence-electron chi connectivity index (χ0n) is 9.17. The Bertz CT molecular complexity index is 434. The molecule has 0 aliphatic heterocycles. The minimum absolute atomic E-state index is 0.0205. The third kappa shape index (κ3) is 2.61. The van der Waals surface area contributed by atoms with E-state index in [1.165, 1.54) is 20.3 Å². The third-order valence-electron chi connectivity index (χ3n) is 2.27. The Labute approximate surface area is 106 Å². The van der Waals surface area contributed by atoms with Crippen molar-refractivity contribution in [2.45, 2.75) is 20.8 Å². The molecule has 0 atom stereocenters. The number of rotatable bonds is 2. The van der Waals surface area contributed by atoms with E-state index >= 15 is 0 Å². The maximum atomic E-state index is 2.30. The highest BCUT2D eigenvalue weighted by atomic mass is 127. The first-order valence-corrected chi connectivity index (χ1v) is 8.02. The molecule has 0 fully saturated rings. The van der Waals surface area contributed by atoms with Crippen molar-refractivity contribution in [3.8, 4) is 0 Å². The van der Waals surface area contributed by atoms with Gasteiger partial charge >= 0.3 is 21.2 Å². The summed E-state index contributed by atoms with van der Waals surface area (Å²) >= 11 is 1.82. The smallest absolute Gasteiger partial charge is 0.148 e. The molecule has 2 aromatic rings. The topological polar surface area (TPSA) is 0 Å². The number of hydrogen-bond donors (Lipinski definition) is 0. The molecular formula is C13H14IS+. The molecule has 0 amide bonds. The van der Waals surface area contributed by atoms with Crippen LogP contribution >= 0.6 is 11.3 Å². The molecule has 0 nitrogen and oxygen atoms in total. The van der Waals surface area contributed by atoms with Gasteiger partial charge in [0.05, 0.1) is 0 Å². The van der Waals surface area contributed by atoms with E-state index in [1.807, 2.05) is 0 Å². The van der Waals surface area contributed by atoms with Gasteiger partial charge in [0.1, 0.15) is 0 Å². The molecule has 0 saturated heterocycles. The lowest BCUT2D eigenvalue weighted by Gasteiger charge is -2.00. The van der Waals surface area contributed by atoms with Crippen LogP contribution in [0.2, 0.25) is 0 Å². The molecule has 0 unspecified atom stereocenters. The van der Waals surface area contributed by atoms with Crippen LogP contribution in [0.4, 0.5) is 0 Å². The van der Waals surface area contributed by atoms with Crippen molar-refractivity contribution in [2.24, 2.45) is 0 Å². The molecule has 1 aromatic carbocycles. The van der Waals surface area contributed by atoms with Crippen molar-refractivity contribution in [2.75, 3.05) is 0 Å². The first-order chi connectivity index (χ1) is 7.16. The molecule has 0 radical (unpaired) electrons. The Morgan fingerprint density at radius 3 is 2.27 bits per heavy atom. The van der Waals surface area contributed by atoms with Gasteiger partial charge in [-0.3, -0.25) is 0 Å². The normalized spacial score (nSPS) is 10.6. The quantitative estimate of drug-likeness (QED) is 0.715. The molecule has 2 heteroatoms. The minimum Gasteiger partial charge on any atom is -0.148 e. The lowest BCUT2D eigenvalue weighted by molar-refractivity contribution is -0.598. The van der Waals surface area contributed by atoms with Gasteiger partial charge in [0.15, 0.2) is 3.57 Å². The second-order valence-corrected chi connectivity index (χ2v) is 7.39. The molecule has 0 aliphatic rings. The van der Waals surface area contributed by atoms with Crippen molar-refractivity contribution >= 4 is 11.3 Å². The van der Waals surface area contributed by atoms with E-state index < -0.39 is 0 Å². The summed E-state index contributed by atoms with van der Waals surface area (Å²) in [6.07, 6.45) is 0. The summed E-state index contributed by atoms with van der Waals surface area (Å²) in [5.74, 6) is 0. The summed E-state index contributed by atoms with van der Waals surface area (Å²) in [4.78, 5) is 0. The summed E-state index contributed by atoms with van der Waals surface area (Å²) in [6, 6.07) is 6.86. The first-order valence-electron chi connectivity index (χ1n) is 4.91. The summed E-state index contributed by atoms with van der Waals surface area (Å²) in [7, 11) is 0. The van der Waals surface area contributed by atoms with Gasteiger partial charge in [-0.1, -0.05) is 17.7 Å². The van der Waals surface area contributed by atoms with Gasteiger partial charge in [0.2, 0.25) is 3.57 Å². The predicted octanol–water partition coefficient (Wildman–Crippen LogP) is 0.802. The highest BCUT2D eigenvalue weighted by Crippen LogP contribution is 2.07. The van der Waals surface area contributed by atoms with Crippen LogP contribution in [0.5, 0.6) is 0 Å². The Hall–Kier alpha value is -0.350. The van der Waals surface area contributed by atoms with Crippen LogP contribution in [0.3, 0.4) is 0 Å². The number of benzene rings is 1. The zero-order chi connectivity index (χ0) is 10.8. The summed E-state index contributed by atoms with van der Waals surface area (Å²) in [6.45, 7) is 6.65. The fourth-order valence-corrected chi connectivity index (χ4v) is 5.49. The van der Waals surface area contributed by atoms with Crippen LogP contribution < -0.4 is 21.2 Å². The minimum atomic E-state index is 0.0205. The SMILES string of the molecule is Cc1cc(C)c([I+]c2ccsc2)c(C)c1. The Morgan fingerprint density at radius 1 is 1.07 bits per heavy atom. The largest absolute Gasteiger partial charge is 0.359 e. The molecular weight excluding hydrogens is 315 g/mol. The van der Waals surface area contributed by atoms with E-state index in [9.17, 15) is 0 Å². The van der Waals surface area contributed by atoms with E-state index in [-0.39, 0.29) is 21.2 Å². The fraction of sp³-hybridized carbons (Fsp3) is 0.231. The molecule has 15 heavy (non-hydrogen) atoms. The molecule has 0 aliphatic carbocycles. The van der Waals surface area contributed by atoms with Gasteiger partial charge in [0.25, 0.3) is 0 Å². The van der Waals surface area contributed by atoms with Gasteiger partial charge in [0, 0.05) is 22.6 Å². The lowest BCUT2D eigenvalue weighted by Crippen LogP contribution is -3.61. The Balaban J connectivity index is 2.36. The van der Waals surface area contributed by atoms with Crippen LogP contribution in [0.25, 0.3) is 0 Å². The van der Waals surface area contributed by atoms with E-state index in [0.29, 0.717) is 0 Å². The number of hydrogen-bond acceptors (Lipinski definition) is 1. The maximum Gasteiger partial charge on any atom is 0.359 e. The highest BCUT2D eigenvalue weighted by Gasteiger charge is 2.21. The zero-order valence-corrected chi connectivity index (χ0v) is 12.1. The van der Waals surface area contributed by atoms with Crippen molar-refractivity contribution in [1.29, 1.82) is 0 Å². The molecule has 2 rings (SSSR count). The molecule has 1 aromatic heterocycles. The van der Waals surface area contributed by atoms with E-state index in [1.54, 1.807) is 14.9 Å². The van der Waals surface area contributed by atoms with Crippen LogP contribution in [0, 0.1) is 27.9 Å². The van der Waals surface area contributed by atoms with Gasteiger partial charge in [-0.05, 0) is 26.2 Å². The Morgan fingerprint density at radius 2 is 1.73 bits per heavy atom. The Kier molecular flexibility index (Phi) is 3.46. The van der Waals surface area contributed by atoms with Crippen LogP contribution in [-0.2, 0) is 0 Å². The molecule has 0 saturated carbocycles. The standard InChI is InChI=1S/C13H14IS/c1-9-6-10(2)13(11(3)7-9)14-12-4-5-15-8-12/h4-8H,1-3H3/q+1. The summed E-state index contributed by atoms with van der Waals surface area (Å²) in [5.41, 5.74) is 4.31. The number of halogens is 1. The highest BCUT2D eigenvalue weighted by molar-refractivity contribution is 7.07. The van der Waals surface area contributed by atoms with Crippen molar-refractivity contribution in [3.05, 3.63) is 52.8 Å². The van der Waals surface area contributed by atoms with Gasteiger partial charge < -0.3 is 0 Å². The van der Waals surface area contributed by atoms with Crippen LogP contribution in [-0.4, -0.2) is 0 Å². The average molecular weight is 329 g/mol. The fourth-order valence-electron chi connectivity index (χ4n) is 1.72. The van der Waals surface area contributed by atoms with Crippen LogP contribution in [0.1, 0.15) is 16.7 Å². The molecule has 1 heterocycles. The van der Waals surface area contributed by atoms with Crippen molar-refractivity contribution < 1.29 is 21.2 Å². The van der Waals surface area contributed by atoms with Crippen molar-refractivity contribution in [3.63, 3.8) is 0 Å². The van der Waals surface area contributed by atoms with E-state index in [2.05, 4.69) is 49.7 Å². The summed E-state index contributed by atoms with van der Waals surface area (Å²) in [5, 5.41) is 4.46. The monoisotopic (exact) mass is 329 g/mol. The predicted molar refractivity (Wildman–Crippen MR) is 62.4 cm³/mol. The molecule has 78 valence electrons.